The first-order valence-electron chi connectivity index (χ1n) is 10.3. The van der Waals surface area contributed by atoms with Gasteiger partial charge in [0.25, 0.3) is 0 Å². The van der Waals surface area contributed by atoms with Crippen LogP contribution < -0.4 is 5.32 Å². The number of anilines is 1. The molecule has 3 aromatic heterocycles. The van der Waals surface area contributed by atoms with Crippen molar-refractivity contribution in [2.45, 2.75) is 19.9 Å². The second kappa shape index (κ2) is 7.72. The lowest BCUT2D eigenvalue weighted by Crippen LogP contribution is -2.09. The van der Waals surface area contributed by atoms with E-state index in [1.165, 1.54) is 10.9 Å². The van der Waals surface area contributed by atoms with E-state index >= 15 is 0 Å². The molecule has 0 saturated heterocycles. The van der Waals surface area contributed by atoms with Crippen LogP contribution in [0.1, 0.15) is 24.4 Å². The van der Waals surface area contributed by atoms with Gasteiger partial charge in [-0.25, -0.2) is 9.97 Å². The van der Waals surface area contributed by atoms with E-state index in [0.29, 0.717) is 0 Å². The van der Waals surface area contributed by atoms with Crippen molar-refractivity contribution in [3.63, 3.8) is 0 Å². The smallest absolute Gasteiger partial charge is 0.130 e. The van der Waals surface area contributed by atoms with Crippen molar-refractivity contribution in [3.05, 3.63) is 84.6 Å². The van der Waals surface area contributed by atoms with Crippen LogP contribution in [0.2, 0.25) is 0 Å². The van der Waals surface area contributed by atoms with E-state index in [-0.39, 0.29) is 6.04 Å². The van der Waals surface area contributed by atoms with E-state index in [2.05, 4.69) is 80.8 Å². The quantitative estimate of drug-likeness (QED) is 0.402. The second-order valence-corrected chi connectivity index (χ2v) is 7.86. The molecule has 0 radical (unpaired) electrons. The molecular formula is C25H24N6. The van der Waals surface area contributed by atoms with Crippen molar-refractivity contribution in [2.24, 2.45) is 7.05 Å². The largest absolute Gasteiger partial charge is 0.363 e. The lowest BCUT2D eigenvalue weighted by molar-refractivity contribution is 0.768. The van der Waals surface area contributed by atoms with Crippen LogP contribution in [-0.4, -0.2) is 24.7 Å². The summed E-state index contributed by atoms with van der Waals surface area (Å²) in [6.45, 7) is 4.07. The van der Waals surface area contributed by atoms with Gasteiger partial charge in [0.2, 0.25) is 0 Å². The van der Waals surface area contributed by atoms with Gasteiger partial charge < -0.3 is 10.3 Å². The number of rotatable bonds is 5. The predicted molar refractivity (Wildman–Crippen MR) is 125 cm³/mol. The first-order chi connectivity index (χ1) is 15.0. The van der Waals surface area contributed by atoms with Crippen LogP contribution in [0.5, 0.6) is 0 Å². The Labute approximate surface area is 181 Å². The van der Waals surface area contributed by atoms with Crippen LogP contribution in [0.25, 0.3) is 33.3 Å². The third-order valence-corrected chi connectivity index (χ3v) is 5.48. The summed E-state index contributed by atoms with van der Waals surface area (Å²) in [6, 6.07) is 19.0. The van der Waals surface area contributed by atoms with E-state index in [9.17, 15) is 0 Å². The molecule has 0 aliphatic rings. The Balaban J connectivity index is 1.42. The van der Waals surface area contributed by atoms with Gasteiger partial charge in [0.1, 0.15) is 11.6 Å². The molecule has 6 nitrogen and oxygen atoms in total. The molecule has 2 aromatic carbocycles. The van der Waals surface area contributed by atoms with Crippen LogP contribution in [-0.2, 0) is 7.05 Å². The summed E-state index contributed by atoms with van der Waals surface area (Å²) in [5.41, 5.74) is 6.52. The van der Waals surface area contributed by atoms with E-state index in [0.717, 1.165) is 39.5 Å². The Morgan fingerprint density at radius 2 is 1.87 bits per heavy atom. The highest BCUT2D eigenvalue weighted by Gasteiger charge is 2.11. The summed E-state index contributed by atoms with van der Waals surface area (Å²) in [4.78, 5) is 12.5. The number of nitrogens with one attached hydrogen (secondary N) is 2. The summed E-state index contributed by atoms with van der Waals surface area (Å²) < 4.78 is 1.82. The SMILES string of the molecule is Cc1nc(NC(C)c2cccc(-c3cnn(C)c3)c2)cc(-c2ccc3cc[nH]c3c2)n1. The number of nitrogens with zero attached hydrogens (tertiary/aromatic N) is 4. The third kappa shape index (κ3) is 3.92. The first-order valence-corrected chi connectivity index (χ1v) is 10.3. The number of aromatic nitrogens is 5. The normalized spacial score (nSPS) is 12.2. The Kier molecular flexibility index (Phi) is 4.75. The Hall–Kier alpha value is -3.93. The Morgan fingerprint density at radius 3 is 2.71 bits per heavy atom. The molecule has 1 unspecified atom stereocenters. The lowest BCUT2D eigenvalue weighted by Gasteiger charge is -2.17. The van der Waals surface area contributed by atoms with Crippen LogP contribution >= 0.6 is 0 Å². The van der Waals surface area contributed by atoms with E-state index < -0.39 is 0 Å². The van der Waals surface area contributed by atoms with Gasteiger partial charge in [0.15, 0.2) is 0 Å². The van der Waals surface area contributed by atoms with Crippen molar-refractivity contribution in [2.75, 3.05) is 5.32 Å². The van der Waals surface area contributed by atoms with Gasteiger partial charge in [0.05, 0.1) is 11.9 Å². The monoisotopic (exact) mass is 408 g/mol. The topological polar surface area (TPSA) is 71.4 Å². The van der Waals surface area contributed by atoms with Crippen molar-refractivity contribution in [1.29, 1.82) is 0 Å². The molecule has 0 fully saturated rings. The summed E-state index contributed by atoms with van der Waals surface area (Å²) in [5, 5.41) is 9.02. The highest BCUT2D eigenvalue weighted by molar-refractivity contribution is 5.84. The van der Waals surface area contributed by atoms with Crippen LogP contribution in [0.3, 0.4) is 0 Å². The third-order valence-electron chi connectivity index (χ3n) is 5.48. The van der Waals surface area contributed by atoms with E-state index in [1.54, 1.807) is 0 Å². The molecule has 5 rings (SSSR count). The standard InChI is InChI=1S/C25H24N6/c1-16(19-5-4-6-20(11-19)22-14-27-31(3)15-22)28-25-13-24(29-17(2)30-25)21-8-7-18-9-10-26-23(18)12-21/h4-16,26H,1-3H3,(H,28,29,30). The maximum absolute atomic E-state index is 4.66. The molecule has 0 aliphatic heterocycles. The van der Waals surface area contributed by atoms with Gasteiger partial charge in [-0.2, -0.15) is 5.10 Å². The molecular weight excluding hydrogens is 384 g/mol. The first kappa shape index (κ1) is 19.1. The van der Waals surface area contributed by atoms with Crippen molar-refractivity contribution in [3.8, 4) is 22.4 Å². The highest BCUT2D eigenvalue weighted by atomic mass is 15.2. The fourth-order valence-corrected chi connectivity index (χ4v) is 3.86. The van der Waals surface area contributed by atoms with E-state index in [4.69, 9.17) is 0 Å². The second-order valence-electron chi connectivity index (χ2n) is 7.86. The number of hydrogen-bond donors (Lipinski definition) is 2. The molecule has 5 aromatic rings. The molecule has 154 valence electrons. The van der Waals surface area contributed by atoms with Gasteiger partial charge in [-0.3, -0.25) is 4.68 Å². The van der Waals surface area contributed by atoms with Gasteiger partial charge in [0, 0.05) is 48.2 Å². The number of fused-ring (bicyclic) bond motifs is 1. The molecule has 0 spiro atoms. The minimum Gasteiger partial charge on any atom is -0.363 e. The van der Waals surface area contributed by atoms with Gasteiger partial charge in [-0.05, 0) is 48.6 Å². The minimum atomic E-state index is 0.0876. The van der Waals surface area contributed by atoms with Crippen molar-refractivity contribution < 1.29 is 0 Å². The zero-order chi connectivity index (χ0) is 21.4. The number of H-pyrrole nitrogens is 1. The molecule has 0 saturated carbocycles. The maximum atomic E-state index is 4.66. The fourth-order valence-electron chi connectivity index (χ4n) is 3.86. The summed E-state index contributed by atoms with van der Waals surface area (Å²) in [6.07, 6.45) is 5.87. The lowest BCUT2D eigenvalue weighted by atomic mass is 10.0. The summed E-state index contributed by atoms with van der Waals surface area (Å²) in [7, 11) is 1.93. The van der Waals surface area contributed by atoms with Crippen LogP contribution in [0.4, 0.5) is 5.82 Å². The van der Waals surface area contributed by atoms with E-state index in [1.807, 2.05) is 43.3 Å². The molecule has 0 aliphatic carbocycles. The molecule has 1 atom stereocenters. The molecule has 6 heteroatoms. The fraction of sp³-hybridized carbons (Fsp3) is 0.160. The van der Waals surface area contributed by atoms with Gasteiger partial charge in [-0.15, -0.1) is 0 Å². The number of hydrogen-bond acceptors (Lipinski definition) is 4. The Morgan fingerprint density at radius 1 is 0.968 bits per heavy atom. The average molecular weight is 409 g/mol. The predicted octanol–water partition coefficient (Wildman–Crippen LogP) is 5.51. The van der Waals surface area contributed by atoms with Crippen LogP contribution in [0, 0.1) is 6.92 Å². The molecule has 2 N–H and O–H groups in total. The highest BCUT2D eigenvalue weighted by Crippen LogP contribution is 2.27. The molecule has 0 amide bonds. The zero-order valence-corrected chi connectivity index (χ0v) is 17.8. The molecule has 0 bridgehead atoms. The molecule has 31 heavy (non-hydrogen) atoms. The Bertz CT molecular complexity index is 1360. The zero-order valence-electron chi connectivity index (χ0n) is 17.8. The van der Waals surface area contributed by atoms with Crippen LogP contribution in [0.15, 0.2) is 73.2 Å². The van der Waals surface area contributed by atoms with Gasteiger partial charge in [-0.1, -0.05) is 30.3 Å². The summed E-state index contributed by atoms with van der Waals surface area (Å²) >= 11 is 0. The number of benzene rings is 2. The summed E-state index contributed by atoms with van der Waals surface area (Å²) in [5.74, 6) is 1.55. The number of aryl methyl sites for hydroxylation is 2. The maximum Gasteiger partial charge on any atom is 0.130 e. The van der Waals surface area contributed by atoms with Crippen molar-refractivity contribution in [1.82, 2.24) is 24.7 Å². The molecule has 3 heterocycles. The number of aromatic amines is 1. The minimum absolute atomic E-state index is 0.0876. The van der Waals surface area contributed by atoms with Gasteiger partial charge >= 0.3 is 0 Å². The average Bonchev–Trinajstić information content (AvgIpc) is 3.41. The van der Waals surface area contributed by atoms with Crippen molar-refractivity contribution >= 4 is 16.7 Å².